The van der Waals surface area contributed by atoms with Crippen LogP contribution in [0.4, 0.5) is 5.69 Å². The van der Waals surface area contributed by atoms with E-state index in [4.69, 9.17) is 32.7 Å². The van der Waals surface area contributed by atoms with Gasteiger partial charge >= 0.3 is 0 Å². The first-order valence-electron chi connectivity index (χ1n) is 8.24. The second-order valence-electron chi connectivity index (χ2n) is 6.05. The number of nitrogens with zero attached hydrogens (tertiary/aromatic N) is 1. The van der Waals surface area contributed by atoms with E-state index in [-0.39, 0.29) is 18.0 Å². The van der Waals surface area contributed by atoms with Crippen molar-refractivity contribution in [2.24, 2.45) is 0 Å². The highest BCUT2D eigenvalue weighted by atomic mass is 35.5. The molecule has 8 nitrogen and oxygen atoms in total. The third-order valence-corrected chi connectivity index (χ3v) is 4.61. The number of non-ortho nitro benzene ring substituents is 1. The first kappa shape index (κ1) is 20.3. The minimum absolute atomic E-state index is 0.000912. The Morgan fingerprint density at radius 1 is 1.21 bits per heavy atom. The Balaban J connectivity index is 1.88. The molecular weight excluding hydrogens is 411 g/mol. The molecule has 0 aliphatic carbocycles. The van der Waals surface area contributed by atoms with Crippen molar-refractivity contribution in [3.05, 3.63) is 69.8 Å². The average Bonchev–Trinajstić information content (AvgIpc) is 2.68. The molecule has 0 spiro atoms. The Bertz CT molecular complexity index is 861. The van der Waals surface area contributed by atoms with Crippen LogP contribution in [-0.4, -0.2) is 33.4 Å². The third kappa shape index (κ3) is 4.53. The Morgan fingerprint density at radius 3 is 2.50 bits per heavy atom. The molecular formula is C18H16Cl2N2O6. The van der Waals surface area contributed by atoms with Gasteiger partial charge < -0.3 is 19.9 Å². The first-order valence-corrected chi connectivity index (χ1v) is 9.12. The number of phenolic OH excluding ortho intramolecular Hbond substituents is 1. The molecule has 28 heavy (non-hydrogen) atoms. The van der Waals surface area contributed by atoms with Crippen molar-refractivity contribution in [1.29, 1.82) is 0 Å². The smallest absolute Gasteiger partial charge is 0.269 e. The molecule has 1 fully saturated rings. The summed E-state index contributed by atoms with van der Waals surface area (Å²) in [6.45, 7) is 0.0485. The van der Waals surface area contributed by atoms with Gasteiger partial charge in [0.2, 0.25) is 0 Å². The number of nitrogens with one attached hydrogen (secondary N) is 1. The summed E-state index contributed by atoms with van der Waals surface area (Å²) in [6.07, 6.45) is -1.60. The van der Waals surface area contributed by atoms with Gasteiger partial charge in [-0.3, -0.25) is 14.9 Å². The summed E-state index contributed by atoms with van der Waals surface area (Å²) >= 11 is 11.2. The molecule has 2 aromatic rings. The van der Waals surface area contributed by atoms with Gasteiger partial charge in [0, 0.05) is 17.7 Å². The fourth-order valence-electron chi connectivity index (χ4n) is 2.86. The lowest BCUT2D eigenvalue weighted by Crippen LogP contribution is -2.48. The van der Waals surface area contributed by atoms with Crippen LogP contribution in [0.3, 0.4) is 0 Å². The number of carbonyl (C=O) groups excluding carboxylic acids is 1. The van der Waals surface area contributed by atoms with Gasteiger partial charge in [-0.2, -0.15) is 0 Å². The van der Waals surface area contributed by atoms with Crippen LogP contribution in [0.5, 0.6) is 5.75 Å². The van der Waals surface area contributed by atoms with Gasteiger partial charge in [-0.15, -0.1) is 0 Å². The fraction of sp³-hybridized carbons (Fsp3) is 0.278. The number of benzene rings is 2. The van der Waals surface area contributed by atoms with Gasteiger partial charge in [0.15, 0.2) is 11.1 Å². The van der Waals surface area contributed by atoms with Gasteiger partial charge in [-0.25, -0.2) is 0 Å². The Labute approximate surface area is 170 Å². The number of phenols is 1. The maximum atomic E-state index is 11.9. The monoisotopic (exact) mass is 426 g/mol. The molecule has 2 N–H and O–H groups in total. The molecule has 3 atom stereocenters. The third-order valence-electron chi connectivity index (χ3n) is 4.21. The molecule has 1 aliphatic rings. The zero-order chi connectivity index (χ0) is 20.3. The number of ether oxygens (including phenoxy) is 2. The fourth-order valence-corrected chi connectivity index (χ4v) is 2.98. The number of hydrogen-bond donors (Lipinski definition) is 2. The van der Waals surface area contributed by atoms with E-state index in [1.165, 1.54) is 30.3 Å². The Kier molecular flexibility index (Phi) is 6.35. The van der Waals surface area contributed by atoms with Crippen molar-refractivity contribution in [2.45, 2.75) is 23.3 Å². The minimum atomic E-state index is -1.27. The molecule has 0 saturated carbocycles. The van der Waals surface area contributed by atoms with Crippen molar-refractivity contribution in [3.8, 4) is 5.75 Å². The van der Waals surface area contributed by atoms with Crippen molar-refractivity contribution in [2.75, 3.05) is 6.61 Å². The predicted octanol–water partition coefficient (Wildman–Crippen LogP) is 3.38. The van der Waals surface area contributed by atoms with E-state index in [1.54, 1.807) is 18.2 Å². The molecule has 3 rings (SSSR count). The van der Waals surface area contributed by atoms with E-state index in [0.717, 1.165) is 0 Å². The van der Waals surface area contributed by atoms with Gasteiger partial charge in [0.1, 0.15) is 11.9 Å². The molecule has 1 amide bonds. The van der Waals surface area contributed by atoms with E-state index in [2.05, 4.69) is 5.32 Å². The molecule has 1 heterocycles. The van der Waals surface area contributed by atoms with Gasteiger partial charge in [-0.05, 0) is 23.8 Å². The number of alkyl halides is 2. The molecule has 1 saturated heterocycles. The molecule has 1 aliphatic heterocycles. The van der Waals surface area contributed by atoms with E-state index < -0.39 is 34.1 Å². The normalized spacial score (nSPS) is 22.0. The van der Waals surface area contributed by atoms with Crippen LogP contribution in [0.25, 0.3) is 0 Å². The van der Waals surface area contributed by atoms with E-state index in [0.29, 0.717) is 11.1 Å². The zero-order valence-electron chi connectivity index (χ0n) is 14.3. The summed E-state index contributed by atoms with van der Waals surface area (Å²) in [5.41, 5.74) is 0.933. The van der Waals surface area contributed by atoms with Crippen LogP contribution in [0.2, 0.25) is 0 Å². The molecule has 0 unspecified atom stereocenters. The second-order valence-corrected chi connectivity index (χ2v) is 7.14. The highest BCUT2D eigenvalue weighted by Gasteiger charge is 2.36. The number of para-hydroxylation sites is 1. The van der Waals surface area contributed by atoms with Crippen molar-refractivity contribution >= 4 is 34.8 Å². The maximum Gasteiger partial charge on any atom is 0.269 e. The summed E-state index contributed by atoms with van der Waals surface area (Å²) in [6, 6.07) is 11.7. The van der Waals surface area contributed by atoms with Crippen molar-refractivity contribution in [3.63, 3.8) is 0 Å². The molecule has 0 bridgehead atoms. The van der Waals surface area contributed by atoms with Gasteiger partial charge in [0.25, 0.3) is 11.6 Å². The largest absolute Gasteiger partial charge is 0.507 e. The minimum Gasteiger partial charge on any atom is -0.507 e. The van der Waals surface area contributed by atoms with Crippen molar-refractivity contribution < 1.29 is 24.3 Å². The molecule has 148 valence electrons. The first-order chi connectivity index (χ1) is 13.4. The quantitative estimate of drug-likeness (QED) is 0.430. The van der Waals surface area contributed by atoms with E-state index in [9.17, 15) is 20.0 Å². The lowest BCUT2D eigenvalue weighted by atomic mass is 10.0. The Hall–Kier alpha value is -2.39. The van der Waals surface area contributed by atoms with Crippen molar-refractivity contribution in [1.82, 2.24) is 5.32 Å². The van der Waals surface area contributed by atoms with Crippen LogP contribution in [0.1, 0.15) is 23.5 Å². The zero-order valence-corrected chi connectivity index (χ0v) is 15.8. The van der Waals surface area contributed by atoms with E-state index >= 15 is 0 Å². The number of carbonyl (C=O) groups is 1. The van der Waals surface area contributed by atoms with E-state index in [1.807, 2.05) is 0 Å². The number of rotatable bonds is 5. The maximum absolute atomic E-state index is 11.9. The van der Waals surface area contributed by atoms with Gasteiger partial charge in [0.05, 0.1) is 17.6 Å². The lowest BCUT2D eigenvalue weighted by Gasteiger charge is -2.37. The summed E-state index contributed by atoms with van der Waals surface area (Å²) < 4.78 is 11.6. The summed E-state index contributed by atoms with van der Waals surface area (Å²) in [5.74, 6) is -0.618. The van der Waals surface area contributed by atoms with Crippen LogP contribution < -0.4 is 5.32 Å². The number of halogens is 2. The highest BCUT2D eigenvalue weighted by molar-refractivity contribution is 6.53. The van der Waals surface area contributed by atoms with Crippen LogP contribution in [0.15, 0.2) is 48.5 Å². The number of hydrogen-bond acceptors (Lipinski definition) is 6. The van der Waals surface area contributed by atoms with Crippen LogP contribution in [-0.2, 0) is 14.3 Å². The standard InChI is InChI=1S/C18H16Cl2N2O6/c19-16(20)17(24)21-13-9-27-18(12-3-1-2-4-14(12)23)28-15(13)10-5-7-11(8-6-10)22(25)26/h1-8,13,15-16,18,23H,9H2,(H,21,24)/t13-,15-,18+/m0/s1. The number of nitro benzene ring substituents is 1. The number of amides is 1. The topological polar surface area (TPSA) is 111 Å². The second kappa shape index (κ2) is 8.74. The average molecular weight is 427 g/mol. The molecule has 10 heteroatoms. The van der Waals surface area contributed by atoms with Crippen LogP contribution >= 0.6 is 23.2 Å². The predicted molar refractivity (Wildman–Crippen MR) is 101 cm³/mol. The number of nitro groups is 1. The highest BCUT2D eigenvalue weighted by Crippen LogP contribution is 2.38. The molecule has 0 aromatic heterocycles. The summed E-state index contributed by atoms with van der Waals surface area (Å²) in [5, 5.41) is 23.6. The number of aromatic hydroxyl groups is 1. The molecule has 0 radical (unpaired) electrons. The SMILES string of the molecule is O=C(N[C@H]1CO[C@@H](c2ccccc2O)O[C@H]1c1ccc([N+](=O)[O-])cc1)C(Cl)Cl. The summed E-state index contributed by atoms with van der Waals surface area (Å²) in [4.78, 5) is 21.0. The van der Waals surface area contributed by atoms with Crippen LogP contribution in [0, 0.1) is 10.1 Å². The van der Waals surface area contributed by atoms with Gasteiger partial charge in [-0.1, -0.05) is 41.4 Å². The summed E-state index contributed by atoms with van der Waals surface area (Å²) in [7, 11) is 0. The molecule has 2 aromatic carbocycles. The lowest BCUT2D eigenvalue weighted by molar-refractivity contribution is -0.384. The Morgan fingerprint density at radius 2 is 1.89 bits per heavy atom.